The summed E-state index contributed by atoms with van der Waals surface area (Å²) in [7, 11) is -14.6. The molecule has 2 aliphatic rings. The van der Waals surface area contributed by atoms with Gasteiger partial charge in [0.2, 0.25) is 0 Å². The molecule has 0 radical (unpaired) electrons. The van der Waals surface area contributed by atoms with Gasteiger partial charge in [-0.2, -0.15) is 0 Å². The first-order valence-corrected chi connectivity index (χ1v) is 28.5. The summed E-state index contributed by atoms with van der Waals surface area (Å²) in [6, 6.07) is 41.6. The fourth-order valence-electron chi connectivity index (χ4n) is 5.38. The summed E-state index contributed by atoms with van der Waals surface area (Å²) in [6.45, 7) is 8.45. The van der Waals surface area contributed by atoms with Crippen molar-refractivity contribution in [1.82, 2.24) is 0 Å². The maximum Gasteiger partial charge on any atom is 0.389 e. The first-order valence-electron chi connectivity index (χ1n) is 14.6. The van der Waals surface area contributed by atoms with Crippen molar-refractivity contribution in [3.8, 4) is 0 Å². The van der Waals surface area contributed by atoms with Crippen LogP contribution in [0.4, 0.5) is 0 Å². The average molecular weight is 729 g/mol. The lowest BCUT2D eigenvalue weighted by molar-refractivity contribution is 0.253. The quantitative estimate of drug-likeness (QED) is 0.273. The van der Waals surface area contributed by atoms with Gasteiger partial charge < -0.3 is 32.9 Å². The Bertz CT molecular complexity index is 1240. The molecule has 0 atom stereocenters. The molecule has 4 aromatic rings. The van der Waals surface area contributed by atoms with Crippen molar-refractivity contribution in [3.63, 3.8) is 0 Å². The van der Waals surface area contributed by atoms with Crippen LogP contribution in [0.15, 0.2) is 121 Å². The number of hydrogen-bond acceptors (Lipinski definition) is 8. The minimum atomic E-state index is -3.32. The van der Waals surface area contributed by atoms with Gasteiger partial charge in [0.05, 0.1) is 0 Å². The number of rotatable bonds is 4. The molecule has 0 spiro atoms. The zero-order valence-electron chi connectivity index (χ0n) is 25.6. The Kier molecular flexibility index (Phi) is 11.7. The molecule has 232 valence electrons. The highest BCUT2D eigenvalue weighted by Gasteiger charge is 2.61. The smallest absolute Gasteiger partial charge is 0.389 e. The summed E-state index contributed by atoms with van der Waals surface area (Å²) in [4.78, 5) is 0. The summed E-state index contributed by atoms with van der Waals surface area (Å²) in [5.41, 5.74) is 0. The third-order valence-corrected chi connectivity index (χ3v) is 29.0. The third kappa shape index (κ3) is 8.36. The van der Waals surface area contributed by atoms with Crippen molar-refractivity contribution in [3.05, 3.63) is 121 Å². The Balaban J connectivity index is 0.000000418. The molecule has 0 unspecified atom stereocenters. The van der Waals surface area contributed by atoms with Gasteiger partial charge in [0.15, 0.2) is 0 Å². The van der Waals surface area contributed by atoms with Gasteiger partial charge in [-0.15, -0.1) is 0 Å². The molecule has 0 saturated carbocycles. The molecule has 0 bridgehead atoms. The molecule has 0 aliphatic carbocycles. The third-order valence-electron chi connectivity index (χ3n) is 6.84. The van der Waals surface area contributed by atoms with E-state index in [1.807, 2.05) is 24.3 Å². The van der Waals surface area contributed by atoms with E-state index in [-0.39, 0.29) is 0 Å². The first-order chi connectivity index (χ1) is 21.2. The molecule has 0 amide bonds. The van der Waals surface area contributed by atoms with Crippen LogP contribution in [0.2, 0.25) is 26.2 Å². The Labute approximate surface area is 274 Å². The minimum Gasteiger partial charge on any atom is -0.425 e. The largest absolute Gasteiger partial charge is 0.425 e. The van der Waals surface area contributed by atoms with E-state index in [1.54, 1.807) is 0 Å². The van der Waals surface area contributed by atoms with E-state index in [9.17, 15) is 0 Å². The van der Waals surface area contributed by atoms with E-state index < -0.39 is 74.3 Å². The van der Waals surface area contributed by atoms with Gasteiger partial charge in [0, 0.05) is 0 Å². The van der Waals surface area contributed by atoms with Gasteiger partial charge in [0.25, 0.3) is 40.0 Å². The number of hydrogen-bond donors (Lipinski definition) is 0. The van der Waals surface area contributed by atoms with Crippen LogP contribution >= 0.6 is 0 Å². The van der Waals surface area contributed by atoms with Gasteiger partial charge >= 0.3 is 34.2 Å². The van der Waals surface area contributed by atoms with E-state index >= 15 is 0 Å². The molecule has 0 aromatic heterocycles. The Morgan fingerprint density at radius 1 is 0.341 bits per heavy atom. The lowest BCUT2D eigenvalue weighted by Crippen LogP contribution is -2.80. The summed E-state index contributed by atoms with van der Waals surface area (Å²) in [5, 5.41) is 4.20. The highest BCUT2D eigenvalue weighted by Crippen LogP contribution is 2.31. The Morgan fingerprint density at radius 2 is 0.591 bits per heavy atom. The lowest BCUT2D eigenvalue weighted by Gasteiger charge is -2.50. The van der Waals surface area contributed by atoms with Crippen LogP contribution in [-0.2, 0) is 32.9 Å². The first kappa shape index (κ1) is 33.7. The fraction of sp³-hybridized carbons (Fsp3) is 0.143. The van der Waals surface area contributed by atoms with Crippen LogP contribution in [0.25, 0.3) is 0 Å². The van der Waals surface area contributed by atoms with Crippen LogP contribution in [0.5, 0.6) is 0 Å². The Morgan fingerprint density at radius 3 is 0.841 bits per heavy atom. The van der Waals surface area contributed by atoms with Gasteiger partial charge in [-0.25, -0.2) is 0 Å². The molecule has 2 heterocycles. The molecule has 2 saturated heterocycles. The molecule has 2 aliphatic heterocycles. The average Bonchev–Trinajstić information content (AvgIpc) is 3.01. The highest BCUT2D eigenvalue weighted by molar-refractivity contribution is 7.09. The van der Waals surface area contributed by atoms with E-state index in [2.05, 4.69) is 123 Å². The van der Waals surface area contributed by atoms with Crippen LogP contribution in [0.3, 0.4) is 0 Å². The van der Waals surface area contributed by atoms with E-state index in [1.165, 1.54) is 0 Å². The van der Waals surface area contributed by atoms with Gasteiger partial charge in [-0.05, 0) is 46.9 Å². The van der Waals surface area contributed by atoms with Crippen molar-refractivity contribution in [2.24, 2.45) is 0 Å². The molecular weight excluding hydrogens is 689 g/mol. The van der Waals surface area contributed by atoms with Crippen LogP contribution in [-0.4, -0.2) is 74.3 Å². The molecule has 4 aromatic carbocycles. The normalized spacial score (nSPS) is 23.0. The molecule has 0 N–H and O–H groups in total. The van der Waals surface area contributed by atoms with Crippen molar-refractivity contribution >= 4 is 95.0 Å². The van der Waals surface area contributed by atoms with Crippen molar-refractivity contribution in [2.45, 2.75) is 26.2 Å². The minimum absolute atomic E-state index is 0.653. The molecule has 8 nitrogen and oxygen atoms in total. The maximum absolute atomic E-state index is 7.70. The van der Waals surface area contributed by atoms with Crippen LogP contribution < -0.4 is 20.7 Å². The SMILES string of the molecule is C[Si]1(C)O[Si](C)(C)O[Si](c2ccccc2)(c2ccccc2)O[Si](c2ccccc2)(c2ccccc2)O1.O1[SiH2]O[SiH2]O[SiH2]O[SiH2]1. The fourth-order valence-corrected chi connectivity index (χ4v) is 33.6. The maximum atomic E-state index is 7.70. The van der Waals surface area contributed by atoms with E-state index in [0.717, 1.165) is 20.7 Å². The molecular formula is C28H40O8Si8. The van der Waals surface area contributed by atoms with Crippen molar-refractivity contribution in [2.75, 3.05) is 0 Å². The molecule has 44 heavy (non-hydrogen) atoms. The summed E-state index contributed by atoms with van der Waals surface area (Å²) in [6.07, 6.45) is 0. The lowest BCUT2D eigenvalue weighted by atomic mass is 10.4. The summed E-state index contributed by atoms with van der Waals surface area (Å²) >= 11 is 0. The van der Waals surface area contributed by atoms with Crippen molar-refractivity contribution in [1.29, 1.82) is 0 Å². The highest BCUT2D eigenvalue weighted by atomic mass is 28.5. The summed E-state index contributed by atoms with van der Waals surface area (Å²) in [5.74, 6) is 0. The molecule has 16 heteroatoms. The Hall–Kier alpha value is -1.70. The zero-order chi connectivity index (χ0) is 30.9. The predicted molar refractivity (Wildman–Crippen MR) is 194 cm³/mol. The number of benzene rings is 4. The second-order valence-electron chi connectivity index (χ2n) is 11.2. The van der Waals surface area contributed by atoms with E-state index in [0.29, 0.717) is 0 Å². The standard InChI is InChI=1S/C28H32O4Si4.H8O4Si4/c1-33(2)29-34(3,4)31-36(27-21-13-7-14-22-27,28-23-15-8-16-24-28)32-35(30-33,25-17-9-5-10-18-25)26-19-11-6-12-20-26;1-5-2-7-4-8-3-6-1/h5-24H,1-4H3;5-8H2. The second kappa shape index (κ2) is 15.3. The van der Waals surface area contributed by atoms with Crippen LogP contribution in [0, 0.1) is 0 Å². The molecule has 2 fully saturated rings. The van der Waals surface area contributed by atoms with Gasteiger partial charge in [-0.1, -0.05) is 121 Å². The predicted octanol–water partition coefficient (Wildman–Crippen LogP) is 0.0448. The van der Waals surface area contributed by atoms with E-state index in [4.69, 9.17) is 32.9 Å². The van der Waals surface area contributed by atoms with Crippen LogP contribution in [0.1, 0.15) is 0 Å². The molecule has 6 rings (SSSR count). The zero-order valence-corrected chi connectivity index (χ0v) is 35.3. The monoisotopic (exact) mass is 728 g/mol. The van der Waals surface area contributed by atoms with Crippen molar-refractivity contribution < 1.29 is 32.9 Å². The van der Waals surface area contributed by atoms with Gasteiger partial charge in [-0.3, -0.25) is 0 Å². The van der Waals surface area contributed by atoms with Gasteiger partial charge in [0.1, 0.15) is 0 Å². The topological polar surface area (TPSA) is 73.8 Å². The summed E-state index contributed by atoms with van der Waals surface area (Å²) < 4.78 is 49.6. The second-order valence-corrected chi connectivity index (χ2v) is 32.3.